The molecule has 0 atom stereocenters. The molecule has 0 fully saturated rings. The number of rotatable bonds is 1. The summed E-state index contributed by atoms with van der Waals surface area (Å²) in [6, 6.07) is 8.05. The van der Waals surface area contributed by atoms with Crippen LogP contribution in [0.15, 0.2) is 35.4 Å². The van der Waals surface area contributed by atoms with Gasteiger partial charge in [-0.15, -0.1) is 0 Å². The Balaban J connectivity index is 0.000000245. The molecule has 0 radical (unpaired) electrons. The number of para-hydroxylation sites is 1. The van der Waals surface area contributed by atoms with E-state index in [0.717, 1.165) is 12.1 Å². The third kappa shape index (κ3) is 3.95. The second kappa shape index (κ2) is 6.79. The Hall–Kier alpha value is -1.61. The Morgan fingerprint density at radius 2 is 2.07 bits per heavy atom. The number of nitrogens with zero attached hydrogens (tertiary/aromatic N) is 1. The van der Waals surface area contributed by atoms with Crippen LogP contribution < -0.4 is 5.43 Å². The van der Waals surface area contributed by atoms with Crippen LogP contribution in [0.4, 0.5) is 5.69 Å². The fourth-order valence-corrected chi connectivity index (χ4v) is 1.04. The van der Waals surface area contributed by atoms with E-state index in [4.69, 9.17) is 5.11 Å². The first-order valence-corrected chi connectivity index (χ1v) is 5.04. The summed E-state index contributed by atoms with van der Waals surface area (Å²) >= 11 is 0. The first-order valence-electron chi connectivity index (χ1n) is 5.04. The zero-order chi connectivity index (χ0) is 10.9. The number of benzene rings is 1. The van der Waals surface area contributed by atoms with Crippen LogP contribution >= 0.6 is 0 Å². The van der Waals surface area contributed by atoms with E-state index in [-0.39, 0.29) is 0 Å². The van der Waals surface area contributed by atoms with Gasteiger partial charge in [0.25, 0.3) is 0 Å². The Kier molecular flexibility index (Phi) is 5.19. The molecule has 3 nitrogen and oxygen atoms in total. The Morgan fingerprint density at radius 3 is 2.80 bits per heavy atom. The molecule has 3 heteroatoms. The molecule has 2 N–H and O–H groups in total. The normalized spacial score (nSPS) is 11.9. The molecule has 0 bridgehead atoms. The van der Waals surface area contributed by atoms with Crippen LogP contribution in [-0.4, -0.2) is 17.9 Å². The minimum Gasteiger partial charge on any atom is -0.396 e. The Bertz CT molecular complexity index is 343. The van der Waals surface area contributed by atoms with Crippen molar-refractivity contribution in [3.05, 3.63) is 35.9 Å². The second-order valence-corrected chi connectivity index (χ2v) is 3.06. The van der Waals surface area contributed by atoms with Gasteiger partial charge in [-0.05, 0) is 24.1 Å². The van der Waals surface area contributed by atoms with Crippen LogP contribution in [0.1, 0.15) is 18.9 Å². The van der Waals surface area contributed by atoms with Gasteiger partial charge in [0.05, 0.1) is 5.69 Å². The van der Waals surface area contributed by atoms with Gasteiger partial charge in [-0.1, -0.05) is 31.2 Å². The molecule has 80 valence electrons. The van der Waals surface area contributed by atoms with E-state index in [1.165, 1.54) is 5.56 Å². The quantitative estimate of drug-likeness (QED) is 0.738. The van der Waals surface area contributed by atoms with Gasteiger partial charge in [-0.25, -0.2) is 0 Å². The molecule has 15 heavy (non-hydrogen) atoms. The van der Waals surface area contributed by atoms with E-state index in [1.807, 2.05) is 43.3 Å². The summed E-state index contributed by atoms with van der Waals surface area (Å²) in [5.41, 5.74) is 5.16. The van der Waals surface area contributed by atoms with E-state index in [0.29, 0.717) is 6.61 Å². The van der Waals surface area contributed by atoms with Gasteiger partial charge in [0.15, 0.2) is 0 Å². The van der Waals surface area contributed by atoms with E-state index in [1.54, 1.807) is 6.21 Å². The van der Waals surface area contributed by atoms with Crippen molar-refractivity contribution < 1.29 is 5.11 Å². The molecule has 1 aromatic carbocycles. The standard InChI is InChI=1S/C9H8N2.C3H8O/c1-2-6-9-8(4-1)5-3-7-10-11-9;1-2-3-4/h1-7,11H;4H,2-3H2,1H3. The average molecular weight is 204 g/mol. The predicted molar refractivity (Wildman–Crippen MR) is 65.0 cm³/mol. The molecular weight excluding hydrogens is 188 g/mol. The molecule has 0 saturated heterocycles. The minimum atomic E-state index is 0.319. The number of hydrazone groups is 1. The zero-order valence-electron chi connectivity index (χ0n) is 8.85. The summed E-state index contributed by atoms with van der Waals surface area (Å²) in [5.74, 6) is 0. The van der Waals surface area contributed by atoms with Crippen molar-refractivity contribution in [3.63, 3.8) is 0 Å². The number of hydrogen-bond donors (Lipinski definition) is 2. The van der Waals surface area contributed by atoms with Crippen LogP contribution in [0.2, 0.25) is 0 Å². The number of fused-ring (bicyclic) bond motifs is 1. The summed E-state index contributed by atoms with van der Waals surface area (Å²) in [6.45, 7) is 2.25. The van der Waals surface area contributed by atoms with Crippen molar-refractivity contribution in [1.82, 2.24) is 0 Å². The maximum atomic E-state index is 7.88. The molecular formula is C12H16N2O. The molecule has 1 aliphatic rings. The van der Waals surface area contributed by atoms with Crippen LogP contribution in [-0.2, 0) is 0 Å². The van der Waals surface area contributed by atoms with Crippen molar-refractivity contribution in [3.8, 4) is 0 Å². The maximum Gasteiger partial charge on any atom is 0.0634 e. The summed E-state index contributed by atoms with van der Waals surface area (Å²) < 4.78 is 0. The van der Waals surface area contributed by atoms with E-state index in [2.05, 4.69) is 10.5 Å². The molecule has 0 spiro atoms. The van der Waals surface area contributed by atoms with Crippen molar-refractivity contribution in [2.24, 2.45) is 5.10 Å². The lowest BCUT2D eigenvalue weighted by molar-refractivity contribution is 0.295. The van der Waals surface area contributed by atoms with Gasteiger partial charge in [0, 0.05) is 12.8 Å². The van der Waals surface area contributed by atoms with Crippen LogP contribution in [0.3, 0.4) is 0 Å². The molecule has 1 aromatic rings. The molecule has 2 rings (SSSR count). The number of allylic oxidation sites excluding steroid dienone is 1. The van der Waals surface area contributed by atoms with Crippen molar-refractivity contribution in [2.75, 3.05) is 12.0 Å². The van der Waals surface area contributed by atoms with Gasteiger partial charge in [-0.3, -0.25) is 5.43 Å². The van der Waals surface area contributed by atoms with E-state index in [9.17, 15) is 0 Å². The molecule has 0 unspecified atom stereocenters. The molecule has 0 amide bonds. The molecule has 1 heterocycles. The van der Waals surface area contributed by atoms with E-state index >= 15 is 0 Å². The molecule has 1 aliphatic heterocycles. The van der Waals surface area contributed by atoms with Gasteiger partial charge in [0.2, 0.25) is 0 Å². The second-order valence-electron chi connectivity index (χ2n) is 3.06. The summed E-state index contributed by atoms with van der Waals surface area (Å²) in [6.07, 6.45) is 6.55. The SMILES string of the molecule is C1=Cc2ccccc2NN=C1.CCCO. The summed E-state index contributed by atoms with van der Waals surface area (Å²) in [5, 5.41) is 11.8. The largest absolute Gasteiger partial charge is 0.396 e. The van der Waals surface area contributed by atoms with Gasteiger partial charge in [-0.2, -0.15) is 5.10 Å². The number of nitrogens with one attached hydrogen (secondary N) is 1. The van der Waals surface area contributed by atoms with Crippen molar-refractivity contribution in [1.29, 1.82) is 0 Å². The lowest BCUT2D eigenvalue weighted by Crippen LogP contribution is -1.87. The minimum absolute atomic E-state index is 0.319. The highest BCUT2D eigenvalue weighted by atomic mass is 16.2. The Morgan fingerprint density at radius 1 is 1.33 bits per heavy atom. The topological polar surface area (TPSA) is 44.6 Å². The molecule has 0 saturated carbocycles. The van der Waals surface area contributed by atoms with Crippen molar-refractivity contribution in [2.45, 2.75) is 13.3 Å². The van der Waals surface area contributed by atoms with E-state index < -0.39 is 0 Å². The number of aliphatic hydroxyl groups is 1. The van der Waals surface area contributed by atoms with Crippen LogP contribution in [0, 0.1) is 0 Å². The first-order chi connectivity index (χ1) is 7.38. The highest BCUT2D eigenvalue weighted by Crippen LogP contribution is 2.17. The number of aliphatic hydroxyl groups excluding tert-OH is 1. The predicted octanol–water partition coefficient (Wildman–Crippen LogP) is 2.50. The van der Waals surface area contributed by atoms with Gasteiger partial charge >= 0.3 is 0 Å². The third-order valence-electron chi connectivity index (χ3n) is 1.81. The third-order valence-corrected chi connectivity index (χ3v) is 1.81. The zero-order valence-corrected chi connectivity index (χ0v) is 8.85. The molecule has 0 aliphatic carbocycles. The summed E-state index contributed by atoms with van der Waals surface area (Å²) in [7, 11) is 0. The number of hydrogen-bond acceptors (Lipinski definition) is 3. The van der Waals surface area contributed by atoms with Crippen LogP contribution in [0.25, 0.3) is 6.08 Å². The Labute approximate surface area is 90.1 Å². The molecule has 0 aromatic heterocycles. The van der Waals surface area contributed by atoms with Gasteiger partial charge in [0.1, 0.15) is 0 Å². The average Bonchev–Trinajstić information content (AvgIpc) is 2.54. The van der Waals surface area contributed by atoms with Gasteiger partial charge < -0.3 is 5.11 Å². The van der Waals surface area contributed by atoms with Crippen LogP contribution in [0.5, 0.6) is 0 Å². The lowest BCUT2D eigenvalue weighted by atomic mass is 10.2. The highest BCUT2D eigenvalue weighted by Gasteiger charge is 1.96. The maximum absolute atomic E-state index is 7.88. The highest BCUT2D eigenvalue weighted by molar-refractivity contribution is 5.83. The summed E-state index contributed by atoms with van der Waals surface area (Å²) in [4.78, 5) is 0. The fourth-order valence-electron chi connectivity index (χ4n) is 1.04. The number of anilines is 1. The monoisotopic (exact) mass is 204 g/mol. The fraction of sp³-hybridized carbons (Fsp3) is 0.250. The first kappa shape index (κ1) is 11.5. The lowest BCUT2D eigenvalue weighted by Gasteiger charge is -2.00. The smallest absolute Gasteiger partial charge is 0.0634 e. The van der Waals surface area contributed by atoms with Crippen molar-refractivity contribution >= 4 is 18.0 Å².